The van der Waals surface area contributed by atoms with Gasteiger partial charge in [-0.1, -0.05) is 33.1 Å². The van der Waals surface area contributed by atoms with Crippen LogP contribution in [-0.2, 0) is 0 Å². The van der Waals surface area contributed by atoms with E-state index in [2.05, 4.69) is 38.2 Å². The number of rotatable bonds is 7. The summed E-state index contributed by atoms with van der Waals surface area (Å²) in [7, 11) is 4.38. The molecule has 1 aliphatic rings. The van der Waals surface area contributed by atoms with Crippen molar-refractivity contribution in [2.24, 2.45) is 11.8 Å². The average molecular weight is 226 g/mol. The average Bonchev–Trinajstić information content (AvgIpc) is 2.77. The number of likely N-dealkylation sites (N-methyl/N-ethyl adjacent to an activating group) is 2. The Morgan fingerprint density at radius 3 is 2.44 bits per heavy atom. The number of hydrogen-bond acceptors (Lipinski definition) is 2. The third-order valence-corrected chi connectivity index (χ3v) is 4.25. The van der Waals surface area contributed by atoms with Crippen LogP contribution in [0, 0.1) is 11.8 Å². The summed E-state index contributed by atoms with van der Waals surface area (Å²) in [6, 6.07) is 0.649. The maximum absolute atomic E-state index is 3.47. The van der Waals surface area contributed by atoms with Crippen molar-refractivity contribution < 1.29 is 0 Å². The van der Waals surface area contributed by atoms with Gasteiger partial charge in [0.2, 0.25) is 0 Å². The lowest BCUT2D eigenvalue weighted by Crippen LogP contribution is -2.43. The first-order valence-corrected chi connectivity index (χ1v) is 7.03. The molecule has 1 saturated carbocycles. The van der Waals surface area contributed by atoms with Crippen LogP contribution in [0.2, 0.25) is 0 Å². The van der Waals surface area contributed by atoms with Gasteiger partial charge in [-0.2, -0.15) is 0 Å². The third kappa shape index (κ3) is 4.42. The molecular formula is C14H30N2. The van der Waals surface area contributed by atoms with Gasteiger partial charge < -0.3 is 10.2 Å². The molecule has 1 rings (SSSR count). The van der Waals surface area contributed by atoms with E-state index < -0.39 is 0 Å². The summed E-state index contributed by atoms with van der Waals surface area (Å²) in [5.74, 6) is 1.75. The Bertz CT molecular complexity index is 176. The normalized spacial score (nSPS) is 21.6. The van der Waals surface area contributed by atoms with Gasteiger partial charge in [-0.25, -0.2) is 0 Å². The molecule has 96 valence electrons. The van der Waals surface area contributed by atoms with Crippen LogP contribution in [0.5, 0.6) is 0 Å². The molecule has 0 heterocycles. The van der Waals surface area contributed by atoms with E-state index in [1.54, 1.807) is 0 Å². The monoisotopic (exact) mass is 226 g/mol. The van der Waals surface area contributed by atoms with Gasteiger partial charge in [-0.3, -0.25) is 0 Å². The van der Waals surface area contributed by atoms with Crippen LogP contribution in [0.4, 0.5) is 0 Å². The van der Waals surface area contributed by atoms with Gasteiger partial charge >= 0.3 is 0 Å². The fourth-order valence-corrected chi connectivity index (χ4v) is 2.88. The Hall–Kier alpha value is -0.0800. The predicted molar refractivity (Wildman–Crippen MR) is 71.8 cm³/mol. The van der Waals surface area contributed by atoms with E-state index in [-0.39, 0.29) is 0 Å². The zero-order valence-electron chi connectivity index (χ0n) is 11.6. The Morgan fingerprint density at radius 1 is 1.31 bits per heavy atom. The van der Waals surface area contributed by atoms with E-state index in [1.165, 1.54) is 45.2 Å². The molecule has 1 fully saturated rings. The summed E-state index contributed by atoms with van der Waals surface area (Å²) < 4.78 is 0. The topological polar surface area (TPSA) is 15.3 Å². The van der Waals surface area contributed by atoms with Gasteiger partial charge in [0.25, 0.3) is 0 Å². The smallest absolute Gasteiger partial charge is 0.0217 e. The second-order valence-electron chi connectivity index (χ2n) is 5.65. The Labute approximate surface area is 102 Å². The van der Waals surface area contributed by atoms with Gasteiger partial charge in [0, 0.05) is 19.1 Å². The van der Waals surface area contributed by atoms with Crippen molar-refractivity contribution in [3.05, 3.63) is 0 Å². The first kappa shape index (κ1) is 14.0. The zero-order valence-corrected chi connectivity index (χ0v) is 11.6. The highest BCUT2D eigenvalue weighted by Crippen LogP contribution is 2.25. The summed E-state index contributed by atoms with van der Waals surface area (Å²) in [5.41, 5.74) is 0. The highest BCUT2D eigenvalue weighted by atomic mass is 15.1. The first-order chi connectivity index (χ1) is 7.67. The van der Waals surface area contributed by atoms with Gasteiger partial charge in [0.15, 0.2) is 0 Å². The molecule has 0 bridgehead atoms. The molecule has 1 N–H and O–H groups in total. The lowest BCUT2D eigenvalue weighted by Gasteiger charge is -2.29. The molecular weight excluding hydrogens is 196 g/mol. The van der Waals surface area contributed by atoms with E-state index in [1.807, 2.05) is 0 Å². The highest BCUT2D eigenvalue weighted by molar-refractivity contribution is 4.77. The number of nitrogens with zero attached hydrogens (tertiary/aromatic N) is 1. The van der Waals surface area contributed by atoms with Gasteiger partial charge in [-0.15, -0.1) is 0 Å². The molecule has 2 atom stereocenters. The van der Waals surface area contributed by atoms with Crippen LogP contribution in [0.25, 0.3) is 0 Å². The predicted octanol–water partition coefficient (Wildman–Crippen LogP) is 2.74. The summed E-state index contributed by atoms with van der Waals surface area (Å²) in [4.78, 5) is 2.53. The summed E-state index contributed by atoms with van der Waals surface area (Å²) in [6.45, 7) is 7.13. The van der Waals surface area contributed by atoms with Crippen molar-refractivity contribution in [3.8, 4) is 0 Å². The molecule has 1 aliphatic carbocycles. The van der Waals surface area contributed by atoms with Gasteiger partial charge in [0.05, 0.1) is 0 Å². The molecule has 0 aromatic rings. The van der Waals surface area contributed by atoms with E-state index in [0.29, 0.717) is 6.04 Å². The molecule has 0 radical (unpaired) electrons. The molecule has 0 aliphatic heterocycles. The summed E-state index contributed by atoms with van der Waals surface area (Å²) in [6.07, 6.45) is 7.09. The SMILES string of the molecule is CCC(C)C(CN(C)CC1CCCC1)NC. The Balaban J connectivity index is 2.27. The minimum atomic E-state index is 0.649. The van der Waals surface area contributed by atoms with Crippen molar-refractivity contribution in [2.45, 2.75) is 52.0 Å². The van der Waals surface area contributed by atoms with Gasteiger partial charge in [-0.05, 0) is 38.8 Å². The van der Waals surface area contributed by atoms with Crippen LogP contribution in [-0.4, -0.2) is 38.1 Å². The molecule has 16 heavy (non-hydrogen) atoms. The zero-order chi connectivity index (χ0) is 12.0. The molecule has 2 nitrogen and oxygen atoms in total. The van der Waals surface area contributed by atoms with Crippen molar-refractivity contribution in [2.75, 3.05) is 27.2 Å². The van der Waals surface area contributed by atoms with E-state index in [0.717, 1.165) is 11.8 Å². The first-order valence-electron chi connectivity index (χ1n) is 7.03. The molecule has 2 unspecified atom stereocenters. The Morgan fingerprint density at radius 2 is 1.94 bits per heavy atom. The number of nitrogens with one attached hydrogen (secondary N) is 1. The maximum Gasteiger partial charge on any atom is 0.0217 e. The molecule has 0 aromatic carbocycles. The van der Waals surface area contributed by atoms with E-state index >= 15 is 0 Å². The molecule has 0 saturated heterocycles. The van der Waals surface area contributed by atoms with E-state index in [9.17, 15) is 0 Å². The fourth-order valence-electron chi connectivity index (χ4n) is 2.88. The largest absolute Gasteiger partial charge is 0.315 e. The second kappa shape index (κ2) is 7.29. The van der Waals surface area contributed by atoms with Crippen molar-refractivity contribution >= 4 is 0 Å². The third-order valence-electron chi connectivity index (χ3n) is 4.25. The maximum atomic E-state index is 3.47. The van der Waals surface area contributed by atoms with Crippen LogP contribution < -0.4 is 5.32 Å². The highest BCUT2D eigenvalue weighted by Gasteiger charge is 2.20. The van der Waals surface area contributed by atoms with Crippen LogP contribution in [0.3, 0.4) is 0 Å². The lowest BCUT2D eigenvalue weighted by atomic mass is 9.98. The molecule has 2 heteroatoms. The Kier molecular flexibility index (Phi) is 6.37. The summed E-state index contributed by atoms with van der Waals surface area (Å²) in [5, 5.41) is 3.47. The number of hydrogen-bond donors (Lipinski definition) is 1. The van der Waals surface area contributed by atoms with Crippen molar-refractivity contribution in [1.29, 1.82) is 0 Å². The standard InChI is InChI=1S/C14H30N2/c1-5-12(2)14(15-3)11-16(4)10-13-8-6-7-9-13/h12-15H,5-11H2,1-4H3. The second-order valence-corrected chi connectivity index (χ2v) is 5.65. The van der Waals surface area contributed by atoms with Crippen molar-refractivity contribution in [3.63, 3.8) is 0 Å². The van der Waals surface area contributed by atoms with E-state index in [4.69, 9.17) is 0 Å². The van der Waals surface area contributed by atoms with Gasteiger partial charge in [0.1, 0.15) is 0 Å². The quantitative estimate of drug-likeness (QED) is 0.718. The molecule has 0 aromatic heterocycles. The minimum absolute atomic E-state index is 0.649. The van der Waals surface area contributed by atoms with Crippen LogP contribution in [0.1, 0.15) is 46.0 Å². The lowest BCUT2D eigenvalue weighted by molar-refractivity contribution is 0.223. The summed E-state index contributed by atoms with van der Waals surface area (Å²) >= 11 is 0. The molecule has 0 amide bonds. The fraction of sp³-hybridized carbons (Fsp3) is 1.00. The van der Waals surface area contributed by atoms with Crippen molar-refractivity contribution in [1.82, 2.24) is 10.2 Å². The minimum Gasteiger partial charge on any atom is -0.315 e. The van der Waals surface area contributed by atoms with Crippen LogP contribution in [0.15, 0.2) is 0 Å². The van der Waals surface area contributed by atoms with Crippen LogP contribution >= 0.6 is 0 Å². The molecule has 0 spiro atoms.